The standard InChI is InChI=1S/C30H40O4/c1-31-25-13-5-21(6-14-25)29(22-7-15-26(32-2)16-8-22)30(23-9-17-27(33-3)18-10-23)24-11-19-28(34-4)20-12-24/h5,7,9,13,15,17-19,23-24,29-30H,6,8,10-12,14,16,20H2,1-4H3. The second kappa shape index (κ2) is 11.7. The van der Waals surface area contributed by atoms with Crippen LogP contribution >= 0.6 is 0 Å². The van der Waals surface area contributed by atoms with E-state index in [-0.39, 0.29) is 0 Å². The summed E-state index contributed by atoms with van der Waals surface area (Å²) in [5.41, 5.74) is 3.09. The molecule has 0 radical (unpaired) electrons. The lowest BCUT2D eigenvalue weighted by atomic mass is 9.62. The number of ether oxygens (including phenoxy) is 4. The summed E-state index contributed by atoms with van der Waals surface area (Å²) in [4.78, 5) is 0. The first-order valence-corrected chi connectivity index (χ1v) is 12.7. The van der Waals surface area contributed by atoms with Gasteiger partial charge in [0.1, 0.15) is 5.76 Å². The van der Waals surface area contributed by atoms with Crippen LogP contribution in [0.4, 0.5) is 0 Å². The van der Waals surface area contributed by atoms with Crippen molar-refractivity contribution in [1.82, 2.24) is 0 Å². The molecule has 0 heterocycles. The zero-order valence-electron chi connectivity index (χ0n) is 21.2. The smallest absolute Gasteiger partial charge is 0.114 e. The minimum absolute atomic E-state index is 0.416. The number of hydrogen-bond donors (Lipinski definition) is 0. The Bertz CT molecular complexity index is 903. The van der Waals surface area contributed by atoms with Crippen molar-refractivity contribution in [2.45, 2.75) is 51.4 Å². The number of methoxy groups -OCH3 is 4. The van der Waals surface area contributed by atoms with Gasteiger partial charge in [-0.05, 0) is 80.2 Å². The van der Waals surface area contributed by atoms with Crippen molar-refractivity contribution in [2.24, 2.45) is 23.7 Å². The maximum absolute atomic E-state index is 5.59. The average molecular weight is 465 g/mol. The molecule has 3 unspecified atom stereocenters. The molecule has 3 atom stereocenters. The summed E-state index contributed by atoms with van der Waals surface area (Å²) >= 11 is 0. The fourth-order valence-electron chi connectivity index (χ4n) is 6.15. The predicted octanol–water partition coefficient (Wildman–Crippen LogP) is 7.16. The van der Waals surface area contributed by atoms with Crippen LogP contribution < -0.4 is 0 Å². The first kappa shape index (κ1) is 24.5. The third-order valence-corrected chi connectivity index (χ3v) is 8.04. The normalized spacial score (nSPS) is 25.8. The van der Waals surface area contributed by atoms with Gasteiger partial charge in [0.15, 0.2) is 0 Å². The van der Waals surface area contributed by atoms with Gasteiger partial charge in [0.05, 0.1) is 45.7 Å². The number of rotatable bonds is 9. The molecule has 0 aromatic heterocycles. The van der Waals surface area contributed by atoms with Gasteiger partial charge in [-0.2, -0.15) is 0 Å². The lowest BCUT2D eigenvalue weighted by Gasteiger charge is -2.43. The molecule has 4 aliphatic carbocycles. The Morgan fingerprint density at radius 2 is 1.32 bits per heavy atom. The molecular formula is C30H40O4. The van der Waals surface area contributed by atoms with Crippen molar-refractivity contribution in [3.8, 4) is 0 Å². The van der Waals surface area contributed by atoms with E-state index in [4.69, 9.17) is 18.9 Å². The van der Waals surface area contributed by atoms with Crippen LogP contribution in [0, 0.1) is 23.7 Å². The lowest BCUT2D eigenvalue weighted by Crippen LogP contribution is -2.34. The van der Waals surface area contributed by atoms with Gasteiger partial charge in [-0.1, -0.05) is 29.4 Å². The first-order valence-electron chi connectivity index (χ1n) is 12.7. The van der Waals surface area contributed by atoms with E-state index in [2.05, 4.69) is 48.6 Å². The summed E-state index contributed by atoms with van der Waals surface area (Å²) in [5, 5.41) is 0. The van der Waals surface area contributed by atoms with E-state index in [9.17, 15) is 0 Å². The molecule has 184 valence electrons. The SMILES string of the molecule is COC1=CCC(C(C2CC=C(OC)CC2)C(C2=CC=C(OC)CC2)C2=CC=C(OC)CC2)C=C1. The molecule has 0 aromatic rings. The van der Waals surface area contributed by atoms with E-state index in [0.717, 1.165) is 68.0 Å². The molecule has 0 bridgehead atoms. The van der Waals surface area contributed by atoms with Gasteiger partial charge >= 0.3 is 0 Å². The topological polar surface area (TPSA) is 36.9 Å². The molecular weight excluding hydrogens is 424 g/mol. The van der Waals surface area contributed by atoms with E-state index >= 15 is 0 Å². The van der Waals surface area contributed by atoms with Crippen LogP contribution in [-0.2, 0) is 18.9 Å². The van der Waals surface area contributed by atoms with Crippen molar-refractivity contribution < 1.29 is 18.9 Å². The van der Waals surface area contributed by atoms with Gasteiger partial charge in [-0.15, -0.1) is 0 Å². The zero-order chi connectivity index (χ0) is 23.9. The van der Waals surface area contributed by atoms with Crippen LogP contribution in [0.2, 0.25) is 0 Å². The monoisotopic (exact) mass is 464 g/mol. The van der Waals surface area contributed by atoms with Gasteiger partial charge < -0.3 is 18.9 Å². The molecule has 0 saturated carbocycles. The predicted molar refractivity (Wildman–Crippen MR) is 137 cm³/mol. The maximum atomic E-state index is 5.59. The highest BCUT2D eigenvalue weighted by Crippen LogP contribution is 2.49. The van der Waals surface area contributed by atoms with Crippen molar-refractivity contribution in [2.75, 3.05) is 28.4 Å². The molecule has 0 aromatic carbocycles. The van der Waals surface area contributed by atoms with Gasteiger partial charge in [-0.25, -0.2) is 0 Å². The van der Waals surface area contributed by atoms with E-state index in [1.807, 2.05) is 0 Å². The molecule has 0 fully saturated rings. The van der Waals surface area contributed by atoms with Gasteiger partial charge in [0, 0.05) is 25.2 Å². The van der Waals surface area contributed by atoms with Crippen molar-refractivity contribution >= 4 is 0 Å². The molecule has 0 N–H and O–H groups in total. The fourth-order valence-corrected chi connectivity index (χ4v) is 6.15. The van der Waals surface area contributed by atoms with Crippen molar-refractivity contribution in [1.29, 1.82) is 0 Å². The second-order valence-corrected chi connectivity index (χ2v) is 9.69. The lowest BCUT2D eigenvalue weighted by molar-refractivity contribution is 0.167. The molecule has 4 heteroatoms. The Balaban J connectivity index is 1.74. The molecule has 4 nitrogen and oxygen atoms in total. The summed E-state index contributed by atoms with van der Waals surface area (Å²) in [5.74, 6) is 6.30. The summed E-state index contributed by atoms with van der Waals surface area (Å²) in [7, 11) is 7.11. The molecule has 0 saturated heterocycles. The fraction of sp³-hybridized carbons (Fsp3) is 0.533. The van der Waals surface area contributed by atoms with Crippen molar-refractivity contribution in [3.05, 3.63) is 82.8 Å². The molecule has 0 amide bonds. The third kappa shape index (κ3) is 5.54. The second-order valence-electron chi connectivity index (χ2n) is 9.69. The Labute approximate surface area is 205 Å². The van der Waals surface area contributed by atoms with Crippen LogP contribution in [0.3, 0.4) is 0 Å². The largest absolute Gasteiger partial charge is 0.501 e. The summed E-state index contributed by atoms with van der Waals surface area (Å²) in [6, 6.07) is 0. The molecule has 34 heavy (non-hydrogen) atoms. The molecule has 4 rings (SSSR count). The van der Waals surface area contributed by atoms with Crippen LogP contribution in [0.15, 0.2) is 82.8 Å². The number of hydrogen-bond acceptors (Lipinski definition) is 4. The number of allylic oxidation sites excluding steroid dienone is 13. The minimum Gasteiger partial charge on any atom is -0.501 e. The zero-order valence-corrected chi connectivity index (χ0v) is 21.2. The van der Waals surface area contributed by atoms with E-state index in [1.165, 1.54) is 6.42 Å². The maximum Gasteiger partial charge on any atom is 0.114 e. The Morgan fingerprint density at radius 1 is 0.676 bits per heavy atom. The van der Waals surface area contributed by atoms with Crippen LogP contribution in [-0.4, -0.2) is 28.4 Å². The molecule has 0 aliphatic heterocycles. The van der Waals surface area contributed by atoms with Crippen molar-refractivity contribution in [3.63, 3.8) is 0 Å². The highest BCUT2D eigenvalue weighted by Gasteiger charge is 2.39. The van der Waals surface area contributed by atoms with E-state index in [0.29, 0.717) is 23.7 Å². The Morgan fingerprint density at radius 3 is 1.74 bits per heavy atom. The minimum atomic E-state index is 0.416. The molecule has 4 aliphatic rings. The van der Waals surface area contributed by atoms with E-state index < -0.39 is 0 Å². The van der Waals surface area contributed by atoms with Crippen LogP contribution in [0.5, 0.6) is 0 Å². The summed E-state index contributed by atoms with van der Waals surface area (Å²) in [6.07, 6.45) is 26.6. The first-order chi connectivity index (χ1) is 16.7. The van der Waals surface area contributed by atoms with Gasteiger partial charge in [0.25, 0.3) is 0 Å². The third-order valence-electron chi connectivity index (χ3n) is 8.04. The Kier molecular flexibility index (Phi) is 8.42. The molecule has 0 spiro atoms. The summed E-state index contributed by atoms with van der Waals surface area (Å²) in [6.45, 7) is 0. The van der Waals surface area contributed by atoms with E-state index in [1.54, 1.807) is 39.6 Å². The van der Waals surface area contributed by atoms with Gasteiger partial charge in [-0.3, -0.25) is 0 Å². The van der Waals surface area contributed by atoms with Crippen LogP contribution in [0.25, 0.3) is 0 Å². The average Bonchev–Trinajstić information content (AvgIpc) is 2.92. The van der Waals surface area contributed by atoms with Gasteiger partial charge in [0.2, 0.25) is 0 Å². The summed E-state index contributed by atoms with van der Waals surface area (Å²) < 4.78 is 22.2. The quantitative estimate of drug-likeness (QED) is 0.363. The Hall–Kier alpha value is -2.62. The van der Waals surface area contributed by atoms with Crippen LogP contribution in [0.1, 0.15) is 51.4 Å². The highest BCUT2D eigenvalue weighted by molar-refractivity contribution is 5.35. The highest BCUT2D eigenvalue weighted by atomic mass is 16.5.